The third-order valence-corrected chi connectivity index (χ3v) is 4.88. The monoisotopic (exact) mass is 392 g/mol. The lowest BCUT2D eigenvalue weighted by atomic mass is 10.1. The zero-order chi connectivity index (χ0) is 20.4. The summed E-state index contributed by atoms with van der Waals surface area (Å²) in [4.78, 5) is 26.0. The van der Waals surface area contributed by atoms with Crippen molar-refractivity contribution in [3.05, 3.63) is 54.0 Å². The van der Waals surface area contributed by atoms with Crippen LogP contribution in [0.15, 0.2) is 42.7 Å². The molecule has 0 fully saturated rings. The number of rotatable bonds is 5. The van der Waals surface area contributed by atoms with E-state index in [1.807, 2.05) is 67.5 Å². The van der Waals surface area contributed by atoms with Crippen molar-refractivity contribution in [1.82, 2.24) is 24.6 Å². The van der Waals surface area contributed by atoms with Crippen LogP contribution >= 0.6 is 0 Å². The second-order valence-corrected chi connectivity index (χ2v) is 7.26. The van der Waals surface area contributed by atoms with Gasteiger partial charge in [0.2, 0.25) is 0 Å². The number of ether oxygens (including phenoxy) is 1. The molecule has 0 aliphatic carbocycles. The van der Waals surface area contributed by atoms with Gasteiger partial charge in [0.15, 0.2) is 12.4 Å². The van der Waals surface area contributed by atoms with Crippen molar-refractivity contribution in [2.75, 3.05) is 32.1 Å². The molecule has 0 radical (unpaired) electrons. The Bertz CT molecular complexity index is 1020. The molecule has 0 N–H and O–H groups in total. The first-order valence-electron chi connectivity index (χ1n) is 9.53. The molecule has 150 valence electrons. The number of amides is 1. The third kappa shape index (κ3) is 4.06. The van der Waals surface area contributed by atoms with Crippen molar-refractivity contribution < 1.29 is 9.53 Å². The quantitative estimate of drug-likeness (QED) is 0.660. The molecule has 1 aromatic carbocycles. The van der Waals surface area contributed by atoms with Gasteiger partial charge in [0.25, 0.3) is 5.91 Å². The Kier molecular flexibility index (Phi) is 5.16. The summed E-state index contributed by atoms with van der Waals surface area (Å²) in [5.41, 5.74) is 2.85. The van der Waals surface area contributed by atoms with Gasteiger partial charge in [-0.2, -0.15) is 5.10 Å². The average molecular weight is 392 g/mol. The van der Waals surface area contributed by atoms with E-state index < -0.39 is 0 Å². The molecule has 0 spiro atoms. The van der Waals surface area contributed by atoms with Crippen LogP contribution in [0, 0.1) is 0 Å². The average Bonchev–Trinajstić information content (AvgIpc) is 3.17. The SMILES string of the molecule is CN(C)c1nc(-c2cnn(C)c2)nc2c1CN(C(=O)COc1ccccc1)CC2. The minimum absolute atomic E-state index is 0.0191. The largest absolute Gasteiger partial charge is 0.484 e. The van der Waals surface area contributed by atoms with Gasteiger partial charge in [-0.05, 0) is 12.1 Å². The molecule has 29 heavy (non-hydrogen) atoms. The van der Waals surface area contributed by atoms with Crippen molar-refractivity contribution in [2.45, 2.75) is 13.0 Å². The summed E-state index contributed by atoms with van der Waals surface area (Å²) >= 11 is 0. The summed E-state index contributed by atoms with van der Waals surface area (Å²) in [6.45, 7) is 1.11. The van der Waals surface area contributed by atoms with E-state index in [-0.39, 0.29) is 12.5 Å². The second kappa shape index (κ2) is 7.90. The lowest BCUT2D eigenvalue weighted by Crippen LogP contribution is -2.40. The number of para-hydroxylation sites is 1. The van der Waals surface area contributed by atoms with E-state index in [4.69, 9.17) is 14.7 Å². The Morgan fingerprint density at radius 1 is 1.21 bits per heavy atom. The highest BCUT2D eigenvalue weighted by atomic mass is 16.5. The standard InChI is InChI=1S/C21H24N6O2/c1-25(2)21-17-13-27(19(28)14-29-16-7-5-4-6-8-16)10-9-18(17)23-20(24-21)15-11-22-26(3)12-15/h4-8,11-12H,9-10,13-14H2,1-3H3. The maximum absolute atomic E-state index is 12.7. The molecular weight excluding hydrogens is 368 g/mol. The first-order valence-corrected chi connectivity index (χ1v) is 9.53. The van der Waals surface area contributed by atoms with E-state index in [1.54, 1.807) is 10.9 Å². The van der Waals surface area contributed by atoms with Crippen molar-refractivity contribution in [1.29, 1.82) is 0 Å². The van der Waals surface area contributed by atoms with Crippen LogP contribution in [-0.4, -0.2) is 57.8 Å². The zero-order valence-corrected chi connectivity index (χ0v) is 16.9. The molecule has 1 amide bonds. The summed E-state index contributed by atoms with van der Waals surface area (Å²) in [6.07, 6.45) is 4.35. The van der Waals surface area contributed by atoms with Crippen molar-refractivity contribution >= 4 is 11.7 Å². The smallest absolute Gasteiger partial charge is 0.260 e. The van der Waals surface area contributed by atoms with Crippen LogP contribution in [0.3, 0.4) is 0 Å². The Labute approximate surface area is 169 Å². The molecule has 0 saturated heterocycles. The van der Waals surface area contributed by atoms with Gasteiger partial charge >= 0.3 is 0 Å². The summed E-state index contributed by atoms with van der Waals surface area (Å²) < 4.78 is 7.36. The number of benzene rings is 1. The molecule has 0 atom stereocenters. The van der Waals surface area contributed by atoms with Crippen LogP contribution < -0.4 is 9.64 Å². The molecule has 8 heteroatoms. The molecular formula is C21H24N6O2. The summed E-state index contributed by atoms with van der Waals surface area (Å²) in [5, 5.41) is 4.22. The predicted molar refractivity (Wildman–Crippen MR) is 110 cm³/mol. The Morgan fingerprint density at radius 2 is 2.00 bits per heavy atom. The molecule has 4 rings (SSSR count). The number of hydrogen-bond donors (Lipinski definition) is 0. The fourth-order valence-corrected chi connectivity index (χ4v) is 3.40. The van der Waals surface area contributed by atoms with Gasteiger partial charge < -0.3 is 14.5 Å². The van der Waals surface area contributed by atoms with E-state index in [0.29, 0.717) is 31.1 Å². The topological polar surface area (TPSA) is 76.4 Å². The Hall–Kier alpha value is -3.42. The summed E-state index contributed by atoms with van der Waals surface area (Å²) in [6, 6.07) is 9.38. The number of anilines is 1. The Morgan fingerprint density at radius 3 is 2.69 bits per heavy atom. The van der Waals surface area contributed by atoms with Crippen LogP contribution in [0.4, 0.5) is 5.82 Å². The minimum atomic E-state index is -0.0412. The maximum Gasteiger partial charge on any atom is 0.260 e. The molecule has 0 saturated carbocycles. The van der Waals surface area contributed by atoms with Crippen LogP contribution in [0.1, 0.15) is 11.3 Å². The van der Waals surface area contributed by atoms with E-state index in [0.717, 1.165) is 22.6 Å². The number of carbonyl (C=O) groups is 1. The molecule has 0 unspecified atom stereocenters. The van der Waals surface area contributed by atoms with Crippen LogP contribution in [0.25, 0.3) is 11.4 Å². The molecule has 0 bridgehead atoms. The maximum atomic E-state index is 12.7. The molecule has 1 aliphatic rings. The normalized spacial score (nSPS) is 13.1. The lowest BCUT2D eigenvalue weighted by molar-refractivity contribution is -0.134. The number of aromatic nitrogens is 4. The molecule has 8 nitrogen and oxygen atoms in total. The number of fused-ring (bicyclic) bond motifs is 1. The fourth-order valence-electron chi connectivity index (χ4n) is 3.40. The zero-order valence-electron chi connectivity index (χ0n) is 16.9. The van der Waals surface area contributed by atoms with E-state index >= 15 is 0 Å². The molecule has 3 aromatic rings. The number of hydrogen-bond acceptors (Lipinski definition) is 6. The predicted octanol–water partition coefficient (Wildman–Crippen LogP) is 1.91. The van der Waals surface area contributed by atoms with Gasteiger partial charge in [0, 0.05) is 45.9 Å². The summed E-state index contributed by atoms with van der Waals surface area (Å²) in [7, 11) is 5.78. The highest BCUT2D eigenvalue weighted by molar-refractivity contribution is 5.78. The highest BCUT2D eigenvalue weighted by Gasteiger charge is 2.27. The van der Waals surface area contributed by atoms with Crippen molar-refractivity contribution in [3.63, 3.8) is 0 Å². The van der Waals surface area contributed by atoms with Gasteiger partial charge in [0.05, 0.1) is 24.0 Å². The van der Waals surface area contributed by atoms with Gasteiger partial charge in [-0.1, -0.05) is 18.2 Å². The van der Waals surface area contributed by atoms with Gasteiger partial charge in [-0.25, -0.2) is 9.97 Å². The first-order chi connectivity index (χ1) is 14.0. The van der Waals surface area contributed by atoms with Gasteiger partial charge in [-0.15, -0.1) is 0 Å². The minimum Gasteiger partial charge on any atom is -0.484 e. The van der Waals surface area contributed by atoms with E-state index in [2.05, 4.69) is 5.10 Å². The molecule has 1 aliphatic heterocycles. The van der Waals surface area contributed by atoms with Gasteiger partial charge in [0.1, 0.15) is 11.6 Å². The van der Waals surface area contributed by atoms with Crippen LogP contribution in [0.2, 0.25) is 0 Å². The first kappa shape index (κ1) is 18.9. The molecule has 2 aromatic heterocycles. The van der Waals surface area contributed by atoms with Gasteiger partial charge in [-0.3, -0.25) is 9.48 Å². The Balaban J connectivity index is 1.54. The van der Waals surface area contributed by atoms with Crippen molar-refractivity contribution in [3.8, 4) is 17.1 Å². The lowest BCUT2D eigenvalue weighted by Gasteiger charge is -2.31. The van der Waals surface area contributed by atoms with E-state index in [9.17, 15) is 4.79 Å². The van der Waals surface area contributed by atoms with Crippen molar-refractivity contribution in [2.24, 2.45) is 7.05 Å². The highest BCUT2D eigenvalue weighted by Crippen LogP contribution is 2.28. The number of carbonyl (C=O) groups excluding carboxylic acids is 1. The van der Waals surface area contributed by atoms with Crippen LogP contribution in [-0.2, 0) is 24.8 Å². The number of nitrogens with zero attached hydrogens (tertiary/aromatic N) is 6. The second-order valence-electron chi connectivity index (χ2n) is 7.26. The number of aryl methyl sites for hydroxylation is 1. The summed E-state index contributed by atoms with van der Waals surface area (Å²) in [5.74, 6) is 2.14. The fraction of sp³-hybridized carbons (Fsp3) is 0.333. The third-order valence-electron chi connectivity index (χ3n) is 4.88. The molecule has 3 heterocycles. The van der Waals surface area contributed by atoms with Crippen LogP contribution in [0.5, 0.6) is 5.75 Å². The van der Waals surface area contributed by atoms with E-state index in [1.165, 1.54) is 0 Å².